The largest absolute Gasteiger partial charge is 0.493 e. The lowest BCUT2D eigenvalue weighted by Crippen LogP contribution is -2.24. The van der Waals surface area contributed by atoms with Crippen molar-refractivity contribution in [2.45, 2.75) is 52.2 Å². The standard InChI is InChI=1S/C17H27NO2/c1-4-18-12-14-8-9-16(19-3)17(11-14)20-15-7-5-6-13(2)10-15/h8-9,11,13,15,18H,4-7,10,12H2,1-3H3. The summed E-state index contributed by atoms with van der Waals surface area (Å²) in [6.07, 6.45) is 5.25. The van der Waals surface area contributed by atoms with Crippen molar-refractivity contribution in [2.75, 3.05) is 13.7 Å². The number of hydrogen-bond donors (Lipinski definition) is 1. The van der Waals surface area contributed by atoms with Crippen LogP contribution >= 0.6 is 0 Å². The fourth-order valence-electron chi connectivity index (χ4n) is 2.86. The van der Waals surface area contributed by atoms with Crippen molar-refractivity contribution in [2.24, 2.45) is 5.92 Å². The quantitative estimate of drug-likeness (QED) is 0.858. The minimum atomic E-state index is 0.335. The molecule has 1 saturated carbocycles. The third kappa shape index (κ3) is 4.14. The van der Waals surface area contributed by atoms with Crippen LogP contribution in [0.3, 0.4) is 0 Å². The third-order valence-electron chi connectivity index (χ3n) is 3.99. The van der Waals surface area contributed by atoms with E-state index < -0.39 is 0 Å². The zero-order chi connectivity index (χ0) is 14.4. The van der Waals surface area contributed by atoms with E-state index in [1.54, 1.807) is 7.11 Å². The number of hydrogen-bond acceptors (Lipinski definition) is 3. The highest BCUT2D eigenvalue weighted by molar-refractivity contribution is 5.43. The van der Waals surface area contributed by atoms with Crippen molar-refractivity contribution in [1.29, 1.82) is 0 Å². The van der Waals surface area contributed by atoms with Gasteiger partial charge in [-0.25, -0.2) is 0 Å². The predicted octanol–water partition coefficient (Wildman–Crippen LogP) is 3.76. The minimum absolute atomic E-state index is 0.335. The molecule has 1 aliphatic carbocycles. The summed E-state index contributed by atoms with van der Waals surface area (Å²) in [5.41, 5.74) is 1.24. The molecule has 3 nitrogen and oxygen atoms in total. The lowest BCUT2D eigenvalue weighted by molar-refractivity contribution is 0.125. The second-order valence-electron chi connectivity index (χ2n) is 5.78. The second-order valence-corrected chi connectivity index (χ2v) is 5.78. The lowest BCUT2D eigenvalue weighted by Gasteiger charge is -2.28. The van der Waals surface area contributed by atoms with Gasteiger partial charge in [-0.2, -0.15) is 0 Å². The van der Waals surface area contributed by atoms with Gasteiger partial charge in [0.05, 0.1) is 13.2 Å². The highest BCUT2D eigenvalue weighted by atomic mass is 16.5. The molecule has 0 radical (unpaired) electrons. The zero-order valence-electron chi connectivity index (χ0n) is 12.9. The van der Waals surface area contributed by atoms with E-state index >= 15 is 0 Å². The molecule has 112 valence electrons. The average molecular weight is 277 g/mol. The fourth-order valence-corrected chi connectivity index (χ4v) is 2.86. The Hall–Kier alpha value is -1.22. The van der Waals surface area contributed by atoms with Crippen LogP contribution in [0.5, 0.6) is 11.5 Å². The van der Waals surface area contributed by atoms with E-state index in [1.165, 1.54) is 18.4 Å². The highest BCUT2D eigenvalue weighted by Crippen LogP contribution is 2.33. The summed E-state index contributed by atoms with van der Waals surface area (Å²) in [7, 11) is 1.70. The van der Waals surface area contributed by atoms with Crippen molar-refractivity contribution in [3.8, 4) is 11.5 Å². The van der Waals surface area contributed by atoms with Gasteiger partial charge >= 0.3 is 0 Å². The van der Waals surface area contributed by atoms with Crippen molar-refractivity contribution in [1.82, 2.24) is 5.32 Å². The van der Waals surface area contributed by atoms with E-state index in [0.29, 0.717) is 6.10 Å². The molecule has 2 unspecified atom stereocenters. The van der Waals surface area contributed by atoms with Crippen molar-refractivity contribution in [3.05, 3.63) is 23.8 Å². The van der Waals surface area contributed by atoms with Gasteiger partial charge in [0, 0.05) is 6.54 Å². The first-order valence-electron chi connectivity index (χ1n) is 7.77. The maximum Gasteiger partial charge on any atom is 0.161 e. The van der Waals surface area contributed by atoms with Crippen LogP contribution in [0.1, 0.15) is 45.1 Å². The summed E-state index contributed by atoms with van der Waals surface area (Å²) in [4.78, 5) is 0. The molecule has 1 aliphatic rings. The van der Waals surface area contributed by atoms with Gasteiger partial charge in [0.2, 0.25) is 0 Å². The Kier molecular flexibility index (Phi) is 5.72. The van der Waals surface area contributed by atoms with Crippen LogP contribution < -0.4 is 14.8 Å². The van der Waals surface area contributed by atoms with Crippen LogP contribution in [0, 0.1) is 5.92 Å². The topological polar surface area (TPSA) is 30.5 Å². The summed E-state index contributed by atoms with van der Waals surface area (Å²) >= 11 is 0. The molecule has 1 aromatic carbocycles. The molecule has 1 N–H and O–H groups in total. The van der Waals surface area contributed by atoms with Crippen LogP contribution in [0.4, 0.5) is 0 Å². The monoisotopic (exact) mass is 277 g/mol. The molecule has 0 amide bonds. The van der Waals surface area contributed by atoms with Gasteiger partial charge in [-0.3, -0.25) is 0 Å². The molecule has 2 atom stereocenters. The van der Waals surface area contributed by atoms with Crippen molar-refractivity contribution < 1.29 is 9.47 Å². The van der Waals surface area contributed by atoms with Gasteiger partial charge in [0.25, 0.3) is 0 Å². The normalized spacial score (nSPS) is 22.6. The summed E-state index contributed by atoms with van der Waals surface area (Å²) in [5.74, 6) is 2.50. The average Bonchev–Trinajstić information content (AvgIpc) is 2.45. The predicted molar refractivity (Wildman–Crippen MR) is 82.4 cm³/mol. The molecular weight excluding hydrogens is 250 g/mol. The first-order valence-corrected chi connectivity index (χ1v) is 7.77. The van der Waals surface area contributed by atoms with Crippen LogP contribution in [0.15, 0.2) is 18.2 Å². The summed E-state index contributed by atoms with van der Waals surface area (Å²) in [5, 5.41) is 3.34. The number of nitrogens with one attached hydrogen (secondary N) is 1. The number of rotatable bonds is 6. The molecule has 0 bridgehead atoms. The van der Waals surface area contributed by atoms with Crippen molar-refractivity contribution in [3.63, 3.8) is 0 Å². The van der Waals surface area contributed by atoms with E-state index in [4.69, 9.17) is 9.47 Å². The van der Waals surface area contributed by atoms with Crippen LogP contribution in [-0.4, -0.2) is 19.8 Å². The Balaban J connectivity index is 2.07. The van der Waals surface area contributed by atoms with Crippen LogP contribution in [0.25, 0.3) is 0 Å². The van der Waals surface area contributed by atoms with Crippen LogP contribution in [-0.2, 0) is 6.54 Å². The minimum Gasteiger partial charge on any atom is -0.493 e. The van der Waals surface area contributed by atoms with Gasteiger partial charge in [0.15, 0.2) is 11.5 Å². The van der Waals surface area contributed by atoms with E-state index in [0.717, 1.165) is 43.3 Å². The van der Waals surface area contributed by atoms with E-state index in [2.05, 4.69) is 31.3 Å². The Bertz CT molecular complexity index is 419. The Labute approximate surface area is 122 Å². The first kappa shape index (κ1) is 15.2. The molecule has 1 aromatic rings. The molecule has 2 rings (SSSR count). The van der Waals surface area contributed by atoms with Gasteiger partial charge in [-0.15, -0.1) is 0 Å². The molecule has 0 saturated heterocycles. The van der Waals surface area contributed by atoms with E-state index in [9.17, 15) is 0 Å². The van der Waals surface area contributed by atoms with Gasteiger partial charge in [-0.1, -0.05) is 26.3 Å². The Morgan fingerprint density at radius 3 is 2.80 bits per heavy atom. The first-order chi connectivity index (χ1) is 9.72. The molecular formula is C17H27NO2. The maximum atomic E-state index is 6.22. The third-order valence-corrected chi connectivity index (χ3v) is 3.99. The highest BCUT2D eigenvalue weighted by Gasteiger charge is 2.21. The SMILES string of the molecule is CCNCc1ccc(OC)c(OC2CCCC(C)C2)c1. The molecule has 20 heavy (non-hydrogen) atoms. The Morgan fingerprint density at radius 1 is 1.25 bits per heavy atom. The van der Waals surface area contributed by atoms with Crippen LogP contribution in [0.2, 0.25) is 0 Å². The fraction of sp³-hybridized carbons (Fsp3) is 0.647. The smallest absolute Gasteiger partial charge is 0.161 e. The summed E-state index contributed by atoms with van der Waals surface area (Å²) in [6.45, 7) is 6.28. The Morgan fingerprint density at radius 2 is 2.10 bits per heavy atom. The molecule has 0 aliphatic heterocycles. The molecule has 1 fully saturated rings. The molecule has 0 heterocycles. The van der Waals surface area contributed by atoms with E-state index in [1.807, 2.05) is 6.07 Å². The lowest BCUT2D eigenvalue weighted by atomic mass is 9.89. The summed E-state index contributed by atoms with van der Waals surface area (Å²) in [6, 6.07) is 6.22. The number of ether oxygens (including phenoxy) is 2. The second kappa shape index (κ2) is 7.53. The van der Waals surface area contributed by atoms with Gasteiger partial charge in [-0.05, 0) is 49.4 Å². The van der Waals surface area contributed by atoms with Crippen molar-refractivity contribution >= 4 is 0 Å². The zero-order valence-corrected chi connectivity index (χ0v) is 12.9. The van der Waals surface area contributed by atoms with Gasteiger partial charge in [0.1, 0.15) is 0 Å². The summed E-state index contributed by atoms with van der Waals surface area (Å²) < 4.78 is 11.6. The van der Waals surface area contributed by atoms with E-state index in [-0.39, 0.29) is 0 Å². The molecule has 0 spiro atoms. The number of benzene rings is 1. The molecule has 3 heteroatoms. The maximum absolute atomic E-state index is 6.22. The molecule has 0 aromatic heterocycles. The van der Waals surface area contributed by atoms with Gasteiger partial charge < -0.3 is 14.8 Å². The number of methoxy groups -OCH3 is 1.